The zero-order chi connectivity index (χ0) is 32.8. The van der Waals surface area contributed by atoms with E-state index in [4.69, 9.17) is 19.4 Å². The number of benzene rings is 7. The molecule has 50 heavy (non-hydrogen) atoms. The summed E-state index contributed by atoms with van der Waals surface area (Å²) >= 11 is 0. The predicted molar refractivity (Wildman–Crippen MR) is 200 cm³/mol. The second-order valence-electron chi connectivity index (χ2n) is 12.6. The number of hydrogen-bond donors (Lipinski definition) is 0. The molecule has 6 heteroatoms. The molecular formula is C44H26N4O2. The second kappa shape index (κ2) is 10.3. The Balaban J connectivity index is 1.07. The normalized spacial score (nSPS) is 12.7. The smallest absolute Gasteiger partial charge is 0.235 e. The molecule has 0 atom stereocenters. The molecular weight excluding hydrogens is 617 g/mol. The Hall–Kier alpha value is -6.92. The maximum atomic E-state index is 6.56. The third kappa shape index (κ3) is 3.90. The molecule has 234 valence electrons. The first kappa shape index (κ1) is 27.1. The number of anilines is 3. The van der Waals surface area contributed by atoms with Crippen molar-refractivity contribution in [2.24, 2.45) is 0 Å². The number of nitrogens with zero attached hydrogens (tertiary/aromatic N) is 4. The van der Waals surface area contributed by atoms with Gasteiger partial charge in [0.25, 0.3) is 0 Å². The molecule has 2 aliphatic heterocycles. The number of ether oxygens (including phenoxy) is 2. The Bertz CT molecular complexity index is 2840. The third-order valence-corrected chi connectivity index (χ3v) is 9.78. The first-order valence-corrected chi connectivity index (χ1v) is 16.7. The standard InChI is InChI=1S/C44H26N4O2/c1-2-11-27(12-3-1)42-31-14-4-6-15-33(31)45-44(46-42)48-34-16-7-5-13-30(34)32-25-28(21-23-35(32)48)29-22-24-37-41(26-29)50-40-20-10-19-39-43(40)47(37)36-17-8-9-18-38(36)49-39/h1-26H. The number of aromatic nitrogens is 3. The molecule has 2 aromatic heterocycles. The van der Waals surface area contributed by atoms with Gasteiger partial charge in [0.15, 0.2) is 23.0 Å². The quantitative estimate of drug-likeness (QED) is 0.192. The first-order valence-electron chi connectivity index (χ1n) is 16.7. The van der Waals surface area contributed by atoms with Gasteiger partial charge in [-0.1, -0.05) is 97.1 Å². The summed E-state index contributed by atoms with van der Waals surface area (Å²) in [5, 5.41) is 3.30. The van der Waals surface area contributed by atoms with Gasteiger partial charge in [-0.05, 0) is 71.8 Å². The summed E-state index contributed by atoms with van der Waals surface area (Å²) in [6.07, 6.45) is 0. The van der Waals surface area contributed by atoms with Crippen LogP contribution in [0.5, 0.6) is 23.0 Å². The fraction of sp³-hybridized carbons (Fsp3) is 0. The SMILES string of the molecule is c1ccc(-c2nc(-n3c4ccccc4c4cc(-c5ccc6c(c5)Oc5cccc7c5N6c5ccccc5O7)ccc43)nc3ccccc23)cc1. The average Bonchev–Trinajstić information content (AvgIpc) is 3.51. The molecule has 0 amide bonds. The Morgan fingerprint density at radius 1 is 0.420 bits per heavy atom. The van der Waals surface area contributed by atoms with Gasteiger partial charge in [0, 0.05) is 21.7 Å². The van der Waals surface area contributed by atoms with E-state index in [2.05, 4.69) is 113 Å². The van der Waals surface area contributed by atoms with Crippen LogP contribution in [0.3, 0.4) is 0 Å². The summed E-state index contributed by atoms with van der Waals surface area (Å²) in [6.45, 7) is 0. The molecule has 7 aromatic carbocycles. The molecule has 0 saturated heterocycles. The minimum atomic E-state index is 0.646. The largest absolute Gasteiger partial charge is 0.453 e. The maximum Gasteiger partial charge on any atom is 0.235 e. The van der Waals surface area contributed by atoms with Crippen molar-refractivity contribution in [3.8, 4) is 51.3 Å². The first-order chi connectivity index (χ1) is 24.8. The molecule has 0 radical (unpaired) electrons. The molecule has 0 bridgehead atoms. The zero-order valence-corrected chi connectivity index (χ0v) is 26.6. The molecule has 6 nitrogen and oxygen atoms in total. The van der Waals surface area contributed by atoms with Crippen LogP contribution in [0.25, 0.3) is 61.0 Å². The van der Waals surface area contributed by atoms with Crippen LogP contribution in [0.15, 0.2) is 158 Å². The molecule has 4 heterocycles. The highest BCUT2D eigenvalue weighted by atomic mass is 16.5. The number of rotatable bonds is 3. The molecule has 0 spiro atoms. The van der Waals surface area contributed by atoms with E-state index in [1.54, 1.807) is 0 Å². The van der Waals surface area contributed by atoms with Gasteiger partial charge in [-0.3, -0.25) is 9.47 Å². The average molecular weight is 643 g/mol. The van der Waals surface area contributed by atoms with Crippen molar-refractivity contribution in [3.63, 3.8) is 0 Å². The van der Waals surface area contributed by atoms with Gasteiger partial charge in [0.1, 0.15) is 5.69 Å². The van der Waals surface area contributed by atoms with Crippen LogP contribution in [-0.2, 0) is 0 Å². The summed E-state index contributed by atoms with van der Waals surface area (Å²) < 4.78 is 15.0. The second-order valence-corrected chi connectivity index (χ2v) is 12.6. The van der Waals surface area contributed by atoms with E-state index >= 15 is 0 Å². The Morgan fingerprint density at radius 3 is 1.98 bits per heavy atom. The number of para-hydroxylation sites is 5. The van der Waals surface area contributed by atoms with E-state index in [-0.39, 0.29) is 0 Å². The van der Waals surface area contributed by atoms with Gasteiger partial charge < -0.3 is 9.47 Å². The van der Waals surface area contributed by atoms with Crippen molar-refractivity contribution >= 4 is 49.8 Å². The van der Waals surface area contributed by atoms with Crippen LogP contribution in [0, 0.1) is 0 Å². The van der Waals surface area contributed by atoms with Gasteiger partial charge in [0.05, 0.1) is 33.6 Å². The van der Waals surface area contributed by atoms with Crippen LogP contribution in [0.4, 0.5) is 17.1 Å². The summed E-state index contributed by atoms with van der Waals surface area (Å²) in [4.78, 5) is 12.6. The summed E-state index contributed by atoms with van der Waals surface area (Å²) in [5.41, 5.74) is 10.0. The van der Waals surface area contributed by atoms with Gasteiger partial charge in [-0.2, -0.15) is 0 Å². The fourth-order valence-corrected chi connectivity index (χ4v) is 7.53. The van der Waals surface area contributed by atoms with E-state index < -0.39 is 0 Å². The monoisotopic (exact) mass is 642 g/mol. The van der Waals surface area contributed by atoms with Gasteiger partial charge in [-0.15, -0.1) is 0 Å². The van der Waals surface area contributed by atoms with E-state index in [9.17, 15) is 0 Å². The van der Waals surface area contributed by atoms with Gasteiger partial charge in [-0.25, -0.2) is 9.97 Å². The molecule has 0 fully saturated rings. The molecule has 9 aromatic rings. The summed E-state index contributed by atoms with van der Waals surface area (Å²) in [6, 6.07) is 54.3. The molecule has 0 aliphatic carbocycles. The highest BCUT2D eigenvalue weighted by molar-refractivity contribution is 6.10. The van der Waals surface area contributed by atoms with Crippen molar-refractivity contribution in [3.05, 3.63) is 158 Å². The fourth-order valence-electron chi connectivity index (χ4n) is 7.53. The highest BCUT2D eigenvalue weighted by Gasteiger charge is 2.34. The lowest BCUT2D eigenvalue weighted by Gasteiger charge is -2.37. The van der Waals surface area contributed by atoms with E-state index in [1.807, 2.05) is 54.6 Å². The van der Waals surface area contributed by atoms with Crippen LogP contribution < -0.4 is 14.4 Å². The molecule has 11 rings (SSSR count). The van der Waals surface area contributed by atoms with E-state index in [0.717, 1.165) is 95.2 Å². The third-order valence-electron chi connectivity index (χ3n) is 9.78. The maximum absolute atomic E-state index is 6.56. The molecule has 0 N–H and O–H groups in total. The zero-order valence-electron chi connectivity index (χ0n) is 26.6. The van der Waals surface area contributed by atoms with Gasteiger partial charge >= 0.3 is 0 Å². The number of hydrogen-bond acceptors (Lipinski definition) is 5. The van der Waals surface area contributed by atoms with Crippen molar-refractivity contribution in [2.75, 3.05) is 4.90 Å². The van der Waals surface area contributed by atoms with Crippen molar-refractivity contribution < 1.29 is 9.47 Å². The summed E-state index contributed by atoms with van der Waals surface area (Å²) in [7, 11) is 0. The lowest BCUT2D eigenvalue weighted by Crippen LogP contribution is -2.20. The minimum absolute atomic E-state index is 0.646. The minimum Gasteiger partial charge on any atom is -0.453 e. The van der Waals surface area contributed by atoms with Gasteiger partial charge in [0.2, 0.25) is 5.95 Å². The summed E-state index contributed by atoms with van der Waals surface area (Å²) in [5.74, 6) is 3.81. The highest BCUT2D eigenvalue weighted by Crippen LogP contribution is 2.59. The van der Waals surface area contributed by atoms with Crippen LogP contribution in [-0.4, -0.2) is 14.5 Å². The molecule has 0 saturated carbocycles. The van der Waals surface area contributed by atoms with E-state index in [0.29, 0.717) is 5.95 Å². The lowest BCUT2D eigenvalue weighted by atomic mass is 10.0. The Morgan fingerprint density at radius 2 is 1.08 bits per heavy atom. The predicted octanol–water partition coefficient (Wildman–Crippen LogP) is 11.7. The van der Waals surface area contributed by atoms with Crippen molar-refractivity contribution in [2.45, 2.75) is 0 Å². The Labute approximate surface area is 287 Å². The molecule has 2 aliphatic rings. The Kier molecular flexibility index (Phi) is 5.57. The van der Waals surface area contributed by atoms with Crippen LogP contribution in [0.2, 0.25) is 0 Å². The van der Waals surface area contributed by atoms with Crippen LogP contribution >= 0.6 is 0 Å². The van der Waals surface area contributed by atoms with Crippen molar-refractivity contribution in [1.29, 1.82) is 0 Å². The topological polar surface area (TPSA) is 52.4 Å². The molecule has 0 unspecified atom stereocenters. The number of fused-ring (bicyclic) bond motifs is 8. The van der Waals surface area contributed by atoms with Crippen molar-refractivity contribution in [1.82, 2.24) is 14.5 Å². The van der Waals surface area contributed by atoms with Crippen LogP contribution in [0.1, 0.15) is 0 Å². The van der Waals surface area contributed by atoms with E-state index in [1.165, 1.54) is 0 Å². The lowest BCUT2D eigenvalue weighted by molar-refractivity contribution is 0.446.